The third-order valence-electron chi connectivity index (χ3n) is 3.46. The molecule has 0 bridgehead atoms. The minimum Gasteiger partial charge on any atom is -0.387 e. The van der Waals surface area contributed by atoms with Crippen molar-refractivity contribution >= 4 is 9.84 Å². The third-order valence-corrected chi connectivity index (χ3v) is 5.59. The number of hydrogen-bond donors (Lipinski definition) is 1. The van der Waals surface area contributed by atoms with Crippen LogP contribution in [0.1, 0.15) is 29.4 Å². The van der Waals surface area contributed by atoms with Crippen molar-refractivity contribution in [1.29, 1.82) is 0 Å². The third kappa shape index (κ3) is 3.68. The highest BCUT2D eigenvalue weighted by Crippen LogP contribution is 2.27. The number of hydrogen-bond acceptors (Lipinski definition) is 3. The van der Waals surface area contributed by atoms with Gasteiger partial charge in [0.25, 0.3) is 0 Å². The second-order valence-electron chi connectivity index (χ2n) is 4.92. The van der Waals surface area contributed by atoms with Gasteiger partial charge in [-0.2, -0.15) is 0 Å². The van der Waals surface area contributed by atoms with E-state index in [0.717, 1.165) is 0 Å². The highest BCUT2D eigenvalue weighted by atomic mass is 32.2. The Kier molecular flexibility index (Phi) is 4.75. The van der Waals surface area contributed by atoms with Crippen molar-refractivity contribution in [2.75, 3.05) is 5.75 Å². The van der Waals surface area contributed by atoms with Crippen LogP contribution in [0.25, 0.3) is 0 Å². The zero-order chi connectivity index (χ0) is 15.5. The van der Waals surface area contributed by atoms with Gasteiger partial charge in [0, 0.05) is 5.56 Å². The molecule has 2 unspecified atom stereocenters. The summed E-state index contributed by atoms with van der Waals surface area (Å²) < 4.78 is 38.3. The van der Waals surface area contributed by atoms with Crippen LogP contribution in [0.5, 0.6) is 0 Å². The second-order valence-corrected chi connectivity index (χ2v) is 7.29. The minimum absolute atomic E-state index is 0.00124. The summed E-state index contributed by atoms with van der Waals surface area (Å²) >= 11 is 0. The van der Waals surface area contributed by atoms with Gasteiger partial charge < -0.3 is 5.11 Å². The summed E-state index contributed by atoms with van der Waals surface area (Å²) in [6, 6.07) is 14.4. The largest absolute Gasteiger partial charge is 0.387 e. The first-order chi connectivity index (χ1) is 9.92. The Hall–Kier alpha value is -1.72. The molecule has 0 saturated carbocycles. The van der Waals surface area contributed by atoms with Crippen LogP contribution in [0.2, 0.25) is 0 Å². The predicted octanol–water partition coefficient (Wildman–Crippen LogP) is 3.04. The molecule has 0 radical (unpaired) electrons. The lowest BCUT2D eigenvalue weighted by Gasteiger charge is -2.17. The van der Waals surface area contributed by atoms with Crippen molar-refractivity contribution < 1.29 is 17.9 Å². The summed E-state index contributed by atoms with van der Waals surface area (Å²) in [5.74, 6) is -1.11. The summed E-state index contributed by atoms with van der Waals surface area (Å²) in [4.78, 5) is 0. The highest BCUT2D eigenvalue weighted by Gasteiger charge is 2.27. The monoisotopic (exact) mass is 308 g/mol. The molecule has 0 aliphatic rings. The molecule has 0 aliphatic carbocycles. The maximum absolute atomic E-state index is 13.6. The van der Waals surface area contributed by atoms with Gasteiger partial charge >= 0.3 is 0 Å². The van der Waals surface area contributed by atoms with Gasteiger partial charge in [-0.05, 0) is 18.6 Å². The first kappa shape index (κ1) is 15.7. The first-order valence-electron chi connectivity index (χ1n) is 6.61. The summed E-state index contributed by atoms with van der Waals surface area (Å²) in [6.45, 7) is 1.57. The van der Waals surface area contributed by atoms with E-state index >= 15 is 0 Å². The van der Waals surface area contributed by atoms with Crippen LogP contribution in [0, 0.1) is 5.82 Å². The average molecular weight is 308 g/mol. The van der Waals surface area contributed by atoms with Gasteiger partial charge in [0.1, 0.15) is 5.82 Å². The Morgan fingerprint density at radius 2 is 1.62 bits per heavy atom. The molecular formula is C16H17FO3S. The van der Waals surface area contributed by atoms with E-state index in [4.69, 9.17) is 0 Å². The fourth-order valence-corrected chi connectivity index (χ4v) is 3.61. The summed E-state index contributed by atoms with van der Waals surface area (Å²) in [6.07, 6.45) is -1.37. The standard InChI is InChI=1S/C16H17FO3S/c1-12(13-7-3-2-4-8-13)21(19,20)11-16(18)14-9-5-6-10-15(14)17/h2-10,12,16,18H,11H2,1H3. The van der Waals surface area contributed by atoms with E-state index in [1.807, 2.05) is 0 Å². The molecule has 2 aromatic carbocycles. The number of aliphatic hydroxyl groups excluding tert-OH is 1. The Labute approximate surface area is 124 Å². The molecule has 3 nitrogen and oxygen atoms in total. The Morgan fingerprint density at radius 3 is 2.24 bits per heavy atom. The smallest absolute Gasteiger partial charge is 0.159 e. The molecule has 0 aliphatic heterocycles. The Balaban J connectivity index is 2.20. The van der Waals surface area contributed by atoms with Crippen LogP contribution < -0.4 is 0 Å². The van der Waals surface area contributed by atoms with Crippen LogP contribution in [0.15, 0.2) is 54.6 Å². The lowest BCUT2D eigenvalue weighted by molar-refractivity contribution is 0.196. The van der Waals surface area contributed by atoms with E-state index in [0.29, 0.717) is 5.56 Å². The van der Waals surface area contributed by atoms with E-state index in [1.165, 1.54) is 18.2 Å². The molecule has 0 amide bonds. The number of benzene rings is 2. The van der Waals surface area contributed by atoms with Crippen molar-refractivity contribution in [2.45, 2.75) is 18.3 Å². The lowest BCUT2D eigenvalue weighted by Crippen LogP contribution is -2.20. The van der Waals surface area contributed by atoms with Crippen molar-refractivity contribution in [3.8, 4) is 0 Å². The molecule has 2 atom stereocenters. The van der Waals surface area contributed by atoms with Crippen LogP contribution >= 0.6 is 0 Å². The van der Waals surface area contributed by atoms with Crippen molar-refractivity contribution in [3.05, 3.63) is 71.5 Å². The highest BCUT2D eigenvalue weighted by molar-refractivity contribution is 7.91. The van der Waals surface area contributed by atoms with Gasteiger partial charge in [-0.1, -0.05) is 48.5 Å². The molecule has 0 heterocycles. The quantitative estimate of drug-likeness (QED) is 0.923. The SMILES string of the molecule is CC(c1ccccc1)S(=O)(=O)CC(O)c1ccccc1F. The van der Waals surface area contributed by atoms with Crippen molar-refractivity contribution in [3.63, 3.8) is 0 Å². The topological polar surface area (TPSA) is 54.4 Å². The molecule has 2 aromatic rings. The van der Waals surface area contributed by atoms with Gasteiger partial charge in [-0.15, -0.1) is 0 Å². The molecule has 112 valence electrons. The molecular weight excluding hydrogens is 291 g/mol. The average Bonchev–Trinajstić information content (AvgIpc) is 2.47. The van der Waals surface area contributed by atoms with Gasteiger partial charge in [0.2, 0.25) is 0 Å². The van der Waals surface area contributed by atoms with E-state index in [-0.39, 0.29) is 5.56 Å². The number of halogens is 1. The van der Waals surface area contributed by atoms with Gasteiger partial charge in [0.05, 0.1) is 17.1 Å². The number of rotatable bonds is 5. The zero-order valence-electron chi connectivity index (χ0n) is 11.6. The van der Waals surface area contributed by atoms with Gasteiger partial charge in [0.15, 0.2) is 9.84 Å². The Morgan fingerprint density at radius 1 is 1.05 bits per heavy atom. The summed E-state index contributed by atoms with van der Waals surface area (Å²) in [7, 11) is -3.59. The normalized spacial score (nSPS) is 14.6. The van der Waals surface area contributed by atoms with E-state index in [1.54, 1.807) is 43.3 Å². The molecule has 0 aromatic heterocycles. The van der Waals surface area contributed by atoms with Gasteiger partial charge in [-0.3, -0.25) is 0 Å². The van der Waals surface area contributed by atoms with E-state index < -0.39 is 32.8 Å². The molecule has 0 spiro atoms. The zero-order valence-corrected chi connectivity index (χ0v) is 12.4. The van der Waals surface area contributed by atoms with Crippen LogP contribution in [-0.2, 0) is 9.84 Å². The summed E-state index contributed by atoms with van der Waals surface area (Å²) in [5, 5.41) is 9.26. The van der Waals surface area contributed by atoms with Crippen LogP contribution in [0.4, 0.5) is 4.39 Å². The van der Waals surface area contributed by atoms with Crippen molar-refractivity contribution in [1.82, 2.24) is 0 Å². The molecule has 0 saturated heterocycles. The number of aliphatic hydroxyl groups is 1. The fraction of sp³-hybridized carbons (Fsp3) is 0.250. The molecule has 0 fully saturated rings. The minimum atomic E-state index is -3.59. The van der Waals surface area contributed by atoms with Gasteiger partial charge in [-0.25, -0.2) is 12.8 Å². The molecule has 2 rings (SSSR count). The second kappa shape index (κ2) is 6.37. The summed E-state index contributed by atoms with van der Waals surface area (Å²) in [5.41, 5.74) is 0.652. The van der Waals surface area contributed by atoms with E-state index in [2.05, 4.69) is 0 Å². The number of sulfone groups is 1. The fourth-order valence-electron chi connectivity index (χ4n) is 2.13. The first-order valence-corrected chi connectivity index (χ1v) is 8.32. The molecule has 21 heavy (non-hydrogen) atoms. The van der Waals surface area contributed by atoms with E-state index in [9.17, 15) is 17.9 Å². The molecule has 5 heteroatoms. The van der Waals surface area contributed by atoms with Crippen molar-refractivity contribution in [2.24, 2.45) is 0 Å². The van der Waals surface area contributed by atoms with Crippen LogP contribution in [-0.4, -0.2) is 19.3 Å². The maximum Gasteiger partial charge on any atom is 0.159 e. The predicted molar refractivity (Wildman–Crippen MR) is 80.0 cm³/mol. The lowest BCUT2D eigenvalue weighted by atomic mass is 10.1. The van der Waals surface area contributed by atoms with Crippen LogP contribution in [0.3, 0.4) is 0 Å². The Bertz CT molecular complexity index is 698. The maximum atomic E-state index is 13.6. The molecule has 1 N–H and O–H groups in total.